The molecule has 0 aromatic carbocycles. The van der Waals surface area contributed by atoms with Crippen LogP contribution in [0.3, 0.4) is 0 Å². The van der Waals surface area contributed by atoms with Gasteiger partial charge in [0.05, 0.1) is 5.92 Å². The zero-order chi connectivity index (χ0) is 12.3. The third kappa shape index (κ3) is 2.44. The molecule has 2 atom stereocenters. The van der Waals surface area contributed by atoms with Gasteiger partial charge in [0.2, 0.25) is 0 Å². The minimum atomic E-state index is -1.35. The van der Waals surface area contributed by atoms with Crippen LogP contribution in [0.2, 0.25) is 0 Å². The molecule has 0 radical (unpaired) electrons. The first-order valence-electron chi connectivity index (χ1n) is 6.90. The van der Waals surface area contributed by atoms with Gasteiger partial charge in [0.15, 0.2) is 5.78 Å². The predicted octanol–water partition coefficient (Wildman–Crippen LogP) is 2.26. The van der Waals surface area contributed by atoms with E-state index in [0.717, 1.165) is 44.8 Å². The minimum absolute atomic E-state index is 0.00528. The fourth-order valence-corrected chi connectivity index (χ4v) is 3.39. The quantitative estimate of drug-likeness (QED) is 0.767. The van der Waals surface area contributed by atoms with Crippen molar-refractivity contribution >= 4 is 12.1 Å². The molecule has 0 heterocycles. The first-order valence-corrected chi connectivity index (χ1v) is 6.90. The van der Waals surface area contributed by atoms with Gasteiger partial charge in [0.1, 0.15) is 11.9 Å². The van der Waals surface area contributed by atoms with Gasteiger partial charge in [-0.05, 0) is 25.7 Å². The van der Waals surface area contributed by atoms with Gasteiger partial charge in [-0.2, -0.15) is 0 Å². The van der Waals surface area contributed by atoms with Crippen molar-refractivity contribution in [2.45, 2.75) is 63.4 Å². The van der Waals surface area contributed by atoms with Crippen LogP contribution < -0.4 is 0 Å². The van der Waals surface area contributed by atoms with Crippen LogP contribution in [-0.2, 0) is 9.59 Å². The molecule has 0 aliphatic heterocycles. The number of hydrogen-bond donors (Lipinski definition) is 1. The van der Waals surface area contributed by atoms with Crippen LogP contribution in [0.5, 0.6) is 0 Å². The molecule has 0 amide bonds. The smallest absolute Gasteiger partial charge is 0.168 e. The maximum Gasteiger partial charge on any atom is 0.168 e. The average Bonchev–Trinajstić information content (AvgIpc) is 2.39. The summed E-state index contributed by atoms with van der Waals surface area (Å²) in [5.74, 6) is -0.519. The molecule has 0 bridgehead atoms. The molecule has 2 saturated carbocycles. The Kier molecular flexibility index (Phi) is 3.97. The topological polar surface area (TPSA) is 54.4 Å². The van der Waals surface area contributed by atoms with Gasteiger partial charge >= 0.3 is 0 Å². The lowest BCUT2D eigenvalue weighted by molar-refractivity contribution is -0.155. The van der Waals surface area contributed by atoms with Gasteiger partial charge in [-0.25, -0.2) is 0 Å². The van der Waals surface area contributed by atoms with Crippen LogP contribution in [-0.4, -0.2) is 22.8 Å². The fourth-order valence-electron chi connectivity index (χ4n) is 3.39. The number of aldehydes is 1. The molecule has 3 heteroatoms. The lowest BCUT2D eigenvalue weighted by Crippen LogP contribution is -2.51. The van der Waals surface area contributed by atoms with Crippen molar-refractivity contribution in [1.82, 2.24) is 0 Å². The Morgan fingerprint density at radius 3 is 2.35 bits per heavy atom. The molecule has 96 valence electrons. The maximum atomic E-state index is 12.4. The van der Waals surface area contributed by atoms with Crippen LogP contribution in [0.1, 0.15) is 57.8 Å². The SMILES string of the molecule is O=CC1CCCCC1(O)C(=O)C1CCCCC1. The summed E-state index contributed by atoms with van der Waals surface area (Å²) in [5.41, 5.74) is -1.35. The van der Waals surface area contributed by atoms with Gasteiger partial charge in [-0.1, -0.05) is 32.1 Å². The monoisotopic (exact) mass is 238 g/mol. The lowest BCUT2D eigenvalue weighted by Gasteiger charge is -2.38. The highest BCUT2D eigenvalue weighted by Crippen LogP contribution is 2.38. The number of aliphatic hydroxyl groups is 1. The summed E-state index contributed by atoms with van der Waals surface area (Å²) in [6.45, 7) is 0. The minimum Gasteiger partial charge on any atom is -0.381 e. The number of carbonyl (C=O) groups excluding carboxylic acids is 2. The molecular weight excluding hydrogens is 216 g/mol. The van der Waals surface area contributed by atoms with Gasteiger partial charge in [0, 0.05) is 5.92 Å². The third-order valence-electron chi connectivity index (χ3n) is 4.50. The van der Waals surface area contributed by atoms with Crippen molar-refractivity contribution in [2.75, 3.05) is 0 Å². The molecule has 2 unspecified atom stereocenters. The van der Waals surface area contributed by atoms with E-state index in [0.29, 0.717) is 12.8 Å². The van der Waals surface area contributed by atoms with Crippen molar-refractivity contribution in [3.05, 3.63) is 0 Å². The number of Topliss-reactive ketones (excluding diaryl/α,β-unsaturated/α-hetero) is 1. The Labute approximate surface area is 103 Å². The van der Waals surface area contributed by atoms with E-state index in [1.165, 1.54) is 6.42 Å². The highest BCUT2D eigenvalue weighted by atomic mass is 16.3. The fraction of sp³-hybridized carbons (Fsp3) is 0.857. The van der Waals surface area contributed by atoms with Crippen LogP contribution in [0, 0.1) is 11.8 Å². The summed E-state index contributed by atoms with van der Waals surface area (Å²) in [6.07, 6.45) is 8.89. The largest absolute Gasteiger partial charge is 0.381 e. The van der Waals surface area contributed by atoms with Gasteiger partial charge in [-0.15, -0.1) is 0 Å². The second kappa shape index (κ2) is 5.30. The molecule has 3 nitrogen and oxygen atoms in total. The van der Waals surface area contributed by atoms with Crippen LogP contribution >= 0.6 is 0 Å². The van der Waals surface area contributed by atoms with E-state index in [1.807, 2.05) is 0 Å². The molecule has 17 heavy (non-hydrogen) atoms. The number of hydrogen-bond acceptors (Lipinski definition) is 3. The van der Waals surface area contributed by atoms with Gasteiger partial charge < -0.3 is 9.90 Å². The van der Waals surface area contributed by atoms with Crippen LogP contribution in [0.15, 0.2) is 0 Å². The molecule has 0 saturated heterocycles. The van der Waals surface area contributed by atoms with Crippen molar-refractivity contribution in [3.8, 4) is 0 Å². The van der Waals surface area contributed by atoms with Gasteiger partial charge in [-0.3, -0.25) is 4.79 Å². The number of ketones is 1. The first-order chi connectivity index (χ1) is 8.18. The van der Waals surface area contributed by atoms with E-state index in [1.54, 1.807) is 0 Å². The van der Waals surface area contributed by atoms with Crippen molar-refractivity contribution in [2.24, 2.45) is 11.8 Å². The summed E-state index contributed by atoms with van der Waals surface area (Å²) in [6, 6.07) is 0. The summed E-state index contributed by atoms with van der Waals surface area (Å²) in [5, 5.41) is 10.6. The molecule has 0 aromatic heterocycles. The summed E-state index contributed by atoms with van der Waals surface area (Å²) < 4.78 is 0. The standard InChI is InChI=1S/C14H22O3/c15-10-12-8-4-5-9-14(12,17)13(16)11-6-2-1-3-7-11/h10-12,17H,1-9H2. The average molecular weight is 238 g/mol. The Balaban J connectivity index is 2.11. The molecule has 2 aliphatic rings. The van der Waals surface area contributed by atoms with E-state index in [2.05, 4.69) is 0 Å². The van der Waals surface area contributed by atoms with Gasteiger partial charge in [0.25, 0.3) is 0 Å². The second-order valence-electron chi connectivity index (χ2n) is 5.61. The normalized spacial score (nSPS) is 35.5. The van der Waals surface area contributed by atoms with Crippen LogP contribution in [0.4, 0.5) is 0 Å². The third-order valence-corrected chi connectivity index (χ3v) is 4.50. The summed E-state index contributed by atoms with van der Waals surface area (Å²) in [4.78, 5) is 23.5. The van der Waals surface area contributed by atoms with Crippen molar-refractivity contribution < 1.29 is 14.7 Å². The molecule has 0 aromatic rings. The Morgan fingerprint density at radius 1 is 1.06 bits per heavy atom. The lowest BCUT2D eigenvalue weighted by atomic mass is 9.68. The highest BCUT2D eigenvalue weighted by Gasteiger charge is 2.47. The number of carbonyl (C=O) groups is 2. The van der Waals surface area contributed by atoms with E-state index >= 15 is 0 Å². The molecule has 0 spiro atoms. The van der Waals surface area contributed by atoms with Crippen molar-refractivity contribution in [1.29, 1.82) is 0 Å². The number of rotatable bonds is 3. The van der Waals surface area contributed by atoms with Crippen LogP contribution in [0.25, 0.3) is 0 Å². The summed E-state index contributed by atoms with van der Waals surface area (Å²) >= 11 is 0. The predicted molar refractivity (Wildman–Crippen MR) is 64.6 cm³/mol. The second-order valence-corrected chi connectivity index (χ2v) is 5.61. The van der Waals surface area contributed by atoms with E-state index in [4.69, 9.17) is 0 Å². The first kappa shape index (κ1) is 12.7. The molecule has 2 rings (SSSR count). The maximum absolute atomic E-state index is 12.4. The molecule has 1 N–H and O–H groups in total. The van der Waals surface area contributed by atoms with E-state index < -0.39 is 11.5 Å². The Morgan fingerprint density at radius 2 is 1.71 bits per heavy atom. The van der Waals surface area contributed by atoms with E-state index in [-0.39, 0.29) is 11.7 Å². The highest BCUT2D eigenvalue weighted by molar-refractivity contribution is 5.92. The summed E-state index contributed by atoms with van der Waals surface area (Å²) in [7, 11) is 0. The Hall–Kier alpha value is -0.700. The zero-order valence-electron chi connectivity index (χ0n) is 10.4. The van der Waals surface area contributed by atoms with Crippen molar-refractivity contribution in [3.63, 3.8) is 0 Å². The Bertz CT molecular complexity index is 294. The molecule has 2 fully saturated rings. The molecular formula is C14H22O3. The zero-order valence-corrected chi connectivity index (χ0v) is 10.4. The van der Waals surface area contributed by atoms with E-state index in [9.17, 15) is 14.7 Å². The molecule has 2 aliphatic carbocycles.